The van der Waals surface area contributed by atoms with Crippen molar-refractivity contribution in [1.29, 1.82) is 0 Å². The highest BCUT2D eigenvalue weighted by molar-refractivity contribution is 5.82. The second-order valence-corrected chi connectivity index (χ2v) is 9.10. The molecule has 0 amide bonds. The van der Waals surface area contributed by atoms with Crippen LogP contribution in [0.5, 0.6) is 0 Å². The molecule has 5 aromatic carbocycles. The van der Waals surface area contributed by atoms with Crippen LogP contribution in [0.15, 0.2) is 146 Å². The lowest BCUT2D eigenvalue weighted by atomic mass is 10.0. The topological polar surface area (TPSA) is 8.17 Å². The molecule has 37 heavy (non-hydrogen) atoms. The number of aromatic nitrogens is 1. The summed E-state index contributed by atoms with van der Waals surface area (Å²) in [6.07, 6.45) is 6.32. The molecule has 6 rings (SSSR count). The van der Waals surface area contributed by atoms with Crippen LogP contribution in [0.2, 0.25) is 0 Å². The van der Waals surface area contributed by atoms with Gasteiger partial charge in [-0.25, -0.2) is 0 Å². The van der Waals surface area contributed by atoms with Crippen LogP contribution < -0.4 is 4.90 Å². The van der Waals surface area contributed by atoms with Crippen molar-refractivity contribution in [2.24, 2.45) is 0 Å². The van der Waals surface area contributed by atoms with Gasteiger partial charge >= 0.3 is 0 Å². The summed E-state index contributed by atoms with van der Waals surface area (Å²) in [7, 11) is 0. The molecule has 0 saturated carbocycles. The van der Waals surface area contributed by atoms with Gasteiger partial charge in [-0.15, -0.1) is 0 Å². The first-order valence-corrected chi connectivity index (χ1v) is 12.6. The number of allylic oxidation sites excluding steroid dienone is 1. The molecule has 0 saturated heterocycles. The molecule has 0 unspecified atom stereocenters. The summed E-state index contributed by atoms with van der Waals surface area (Å²) in [5.41, 5.74) is 9.39. The third-order valence-electron chi connectivity index (χ3n) is 6.73. The number of fused-ring (bicyclic) bond motifs is 1. The average Bonchev–Trinajstić information content (AvgIpc) is 3.40. The van der Waals surface area contributed by atoms with Gasteiger partial charge in [0.2, 0.25) is 0 Å². The van der Waals surface area contributed by atoms with Gasteiger partial charge in [0.25, 0.3) is 0 Å². The third-order valence-corrected chi connectivity index (χ3v) is 6.73. The lowest BCUT2D eigenvalue weighted by Crippen LogP contribution is -2.09. The minimum absolute atomic E-state index is 1.13. The van der Waals surface area contributed by atoms with E-state index in [-0.39, 0.29) is 0 Å². The third kappa shape index (κ3) is 4.57. The minimum Gasteiger partial charge on any atom is -0.317 e. The summed E-state index contributed by atoms with van der Waals surface area (Å²) in [6, 6.07) is 47.5. The fraction of sp³-hybridized carbons (Fsp3) is 0.0286. The van der Waals surface area contributed by atoms with Crippen molar-refractivity contribution in [1.82, 2.24) is 4.57 Å². The number of benzene rings is 5. The number of hydrogen-bond acceptors (Lipinski definition) is 1. The van der Waals surface area contributed by atoms with Crippen molar-refractivity contribution >= 4 is 34.0 Å². The Balaban J connectivity index is 1.30. The maximum absolute atomic E-state index is 2.30. The molecular weight excluding hydrogens is 448 g/mol. The fourth-order valence-corrected chi connectivity index (χ4v) is 4.88. The van der Waals surface area contributed by atoms with Crippen molar-refractivity contribution in [3.05, 3.63) is 151 Å². The van der Waals surface area contributed by atoms with Crippen LogP contribution in [0.1, 0.15) is 12.5 Å². The van der Waals surface area contributed by atoms with Crippen LogP contribution in [-0.2, 0) is 0 Å². The summed E-state index contributed by atoms with van der Waals surface area (Å²) >= 11 is 0. The maximum atomic E-state index is 2.30. The number of nitrogens with zero attached hydrogens (tertiary/aromatic N) is 2. The van der Waals surface area contributed by atoms with Gasteiger partial charge in [-0.3, -0.25) is 0 Å². The van der Waals surface area contributed by atoms with Gasteiger partial charge in [-0.2, -0.15) is 0 Å². The minimum atomic E-state index is 1.13. The Morgan fingerprint density at radius 2 is 1.11 bits per heavy atom. The van der Waals surface area contributed by atoms with Crippen LogP contribution in [0.25, 0.3) is 33.8 Å². The van der Waals surface area contributed by atoms with E-state index in [0.717, 1.165) is 22.7 Å². The van der Waals surface area contributed by atoms with Crippen molar-refractivity contribution in [2.75, 3.05) is 4.90 Å². The molecule has 0 atom stereocenters. The first-order valence-electron chi connectivity index (χ1n) is 12.6. The zero-order chi connectivity index (χ0) is 25.0. The van der Waals surface area contributed by atoms with Crippen molar-refractivity contribution in [3.8, 4) is 16.8 Å². The molecule has 0 N–H and O–H groups in total. The van der Waals surface area contributed by atoms with Crippen LogP contribution in [-0.4, -0.2) is 4.57 Å². The normalized spacial score (nSPS) is 11.3. The van der Waals surface area contributed by atoms with E-state index in [4.69, 9.17) is 0 Å². The van der Waals surface area contributed by atoms with Gasteiger partial charge in [0.15, 0.2) is 0 Å². The van der Waals surface area contributed by atoms with Crippen molar-refractivity contribution in [2.45, 2.75) is 6.92 Å². The van der Waals surface area contributed by atoms with E-state index < -0.39 is 0 Å². The van der Waals surface area contributed by atoms with Crippen molar-refractivity contribution < 1.29 is 0 Å². The zero-order valence-electron chi connectivity index (χ0n) is 20.8. The van der Waals surface area contributed by atoms with E-state index in [1.54, 1.807) is 0 Å². The largest absolute Gasteiger partial charge is 0.317 e. The second kappa shape index (κ2) is 10.0. The summed E-state index contributed by atoms with van der Waals surface area (Å²) in [6.45, 7) is 2.04. The molecule has 2 heteroatoms. The molecule has 0 aliphatic rings. The first kappa shape index (κ1) is 22.6. The predicted molar refractivity (Wildman–Crippen MR) is 158 cm³/mol. The Morgan fingerprint density at radius 3 is 1.78 bits per heavy atom. The molecule has 0 bridgehead atoms. The highest BCUT2D eigenvalue weighted by atomic mass is 15.1. The molecule has 0 fully saturated rings. The van der Waals surface area contributed by atoms with Gasteiger partial charge in [0.1, 0.15) is 0 Å². The molecule has 1 aromatic heterocycles. The monoisotopic (exact) mass is 476 g/mol. The summed E-state index contributed by atoms with van der Waals surface area (Å²) < 4.78 is 2.24. The molecule has 178 valence electrons. The van der Waals surface area contributed by atoms with Gasteiger partial charge in [0, 0.05) is 28.9 Å². The van der Waals surface area contributed by atoms with E-state index in [9.17, 15) is 0 Å². The quantitative estimate of drug-likeness (QED) is 0.232. The van der Waals surface area contributed by atoms with Crippen LogP contribution in [0.4, 0.5) is 17.1 Å². The highest BCUT2D eigenvalue weighted by Gasteiger charge is 2.12. The lowest BCUT2D eigenvalue weighted by Gasteiger charge is -2.25. The molecular formula is C35H28N2. The Hall–Kier alpha value is -4.82. The van der Waals surface area contributed by atoms with Crippen LogP contribution >= 0.6 is 0 Å². The van der Waals surface area contributed by atoms with E-state index in [1.165, 1.54) is 27.6 Å². The van der Waals surface area contributed by atoms with E-state index in [0.29, 0.717) is 0 Å². The fourth-order valence-electron chi connectivity index (χ4n) is 4.88. The number of para-hydroxylation sites is 2. The zero-order valence-corrected chi connectivity index (χ0v) is 20.8. The molecule has 1 heterocycles. The first-order chi connectivity index (χ1) is 18.3. The molecule has 0 spiro atoms. The SMILES string of the molecule is CC=Cc1ccc(N(c2ccccc2)c2ccc(-c3ccc(-n4ccc5ccccc54)cc3)cc2)cc1. The van der Waals surface area contributed by atoms with E-state index >= 15 is 0 Å². The Morgan fingerprint density at radius 1 is 0.541 bits per heavy atom. The van der Waals surface area contributed by atoms with E-state index in [1.807, 2.05) is 6.92 Å². The van der Waals surface area contributed by atoms with Crippen molar-refractivity contribution in [3.63, 3.8) is 0 Å². The van der Waals surface area contributed by atoms with E-state index in [2.05, 4.69) is 161 Å². The van der Waals surface area contributed by atoms with Gasteiger partial charge in [0.05, 0.1) is 5.52 Å². The molecule has 0 aliphatic heterocycles. The Labute approximate surface area is 218 Å². The number of hydrogen-bond donors (Lipinski definition) is 0. The van der Waals surface area contributed by atoms with Crippen LogP contribution in [0.3, 0.4) is 0 Å². The summed E-state index contributed by atoms with van der Waals surface area (Å²) in [5, 5.41) is 1.25. The number of anilines is 3. The molecule has 2 nitrogen and oxygen atoms in total. The average molecular weight is 477 g/mol. The Kier molecular flexibility index (Phi) is 6.14. The standard InChI is InChI=1S/C35H28N2/c1-2-8-27-13-19-33(20-14-27)37(32-10-4-3-5-11-32)34-23-17-29(18-24-34)28-15-21-31(22-16-28)36-26-25-30-9-6-7-12-35(30)36/h2-26H,1H3. The molecule has 0 aliphatic carbocycles. The highest BCUT2D eigenvalue weighted by Crippen LogP contribution is 2.35. The predicted octanol–water partition coefficient (Wildman–Crippen LogP) is 9.80. The smallest absolute Gasteiger partial charge is 0.0528 e. The van der Waals surface area contributed by atoms with Gasteiger partial charge in [-0.1, -0.05) is 84.9 Å². The van der Waals surface area contributed by atoms with Crippen LogP contribution in [0, 0.1) is 0 Å². The second-order valence-electron chi connectivity index (χ2n) is 9.10. The summed E-state index contributed by atoms with van der Waals surface area (Å²) in [4.78, 5) is 2.30. The Bertz CT molecular complexity index is 1640. The van der Waals surface area contributed by atoms with Gasteiger partial charge in [-0.05, 0) is 89.7 Å². The summed E-state index contributed by atoms with van der Waals surface area (Å²) in [5.74, 6) is 0. The molecule has 6 aromatic rings. The maximum Gasteiger partial charge on any atom is 0.0528 e. The van der Waals surface area contributed by atoms with Gasteiger partial charge < -0.3 is 9.47 Å². The number of rotatable bonds is 6. The molecule has 0 radical (unpaired) electrons. The lowest BCUT2D eigenvalue weighted by molar-refractivity contribution is 1.13.